The molecule has 126 valence electrons. The van der Waals surface area contributed by atoms with E-state index in [1.807, 2.05) is 12.1 Å². The number of ether oxygens (including phenoxy) is 1. The van der Waals surface area contributed by atoms with Crippen LogP contribution in [0.2, 0.25) is 0 Å². The van der Waals surface area contributed by atoms with Gasteiger partial charge >= 0.3 is 0 Å². The van der Waals surface area contributed by atoms with Gasteiger partial charge < -0.3 is 10.1 Å². The van der Waals surface area contributed by atoms with Gasteiger partial charge in [0.1, 0.15) is 11.6 Å². The third-order valence-electron chi connectivity index (χ3n) is 3.82. The Hall–Kier alpha value is -1.53. The topological polar surface area (TPSA) is 38.3 Å². The predicted molar refractivity (Wildman–Crippen MR) is 96.9 cm³/mol. The number of hydrogen-bond donors (Lipinski definition) is 1. The summed E-state index contributed by atoms with van der Waals surface area (Å²) in [6, 6.07) is 11.9. The van der Waals surface area contributed by atoms with E-state index >= 15 is 0 Å². The summed E-state index contributed by atoms with van der Waals surface area (Å²) in [5.41, 5.74) is 0.843. The van der Waals surface area contributed by atoms with Crippen LogP contribution in [0, 0.1) is 5.82 Å². The fourth-order valence-corrected chi connectivity index (χ4v) is 3.95. The van der Waals surface area contributed by atoms with Gasteiger partial charge in [-0.15, -0.1) is 11.8 Å². The van der Waals surface area contributed by atoms with Crippen molar-refractivity contribution in [3.63, 3.8) is 0 Å². The van der Waals surface area contributed by atoms with Crippen LogP contribution in [0.1, 0.15) is 24.9 Å². The second-order valence-corrected chi connectivity index (χ2v) is 7.65. The number of amides is 1. The standard InChI is InChI=1S/C18H17BrFNO2S/c1-11(23-14-5-2-12(19)3-6-14)18(22)21-16-8-9-24-17-7-4-13(20)10-15(16)17/h2-7,10-11,16H,8-9H2,1H3,(H,21,22). The molecule has 2 unspecified atom stereocenters. The molecule has 3 rings (SSSR count). The molecule has 1 N–H and O–H groups in total. The molecule has 0 saturated carbocycles. The molecule has 0 fully saturated rings. The maximum absolute atomic E-state index is 13.5. The largest absolute Gasteiger partial charge is 0.481 e. The van der Waals surface area contributed by atoms with Crippen LogP contribution < -0.4 is 10.1 Å². The molecule has 6 heteroatoms. The normalized spacial score (nSPS) is 17.7. The number of hydrogen-bond acceptors (Lipinski definition) is 3. The Kier molecular flexibility index (Phi) is 5.46. The predicted octanol–water partition coefficient (Wildman–Crippen LogP) is 4.71. The Morgan fingerprint density at radius 3 is 2.83 bits per heavy atom. The number of benzene rings is 2. The first-order chi connectivity index (χ1) is 11.5. The third-order valence-corrected chi connectivity index (χ3v) is 5.47. The molecule has 2 aromatic carbocycles. The van der Waals surface area contributed by atoms with Crippen molar-refractivity contribution < 1.29 is 13.9 Å². The minimum atomic E-state index is -0.627. The summed E-state index contributed by atoms with van der Waals surface area (Å²) < 4.78 is 20.2. The van der Waals surface area contributed by atoms with Crippen LogP contribution in [0.15, 0.2) is 51.8 Å². The number of fused-ring (bicyclic) bond motifs is 1. The highest BCUT2D eigenvalue weighted by Gasteiger charge is 2.25. The molecular weight excluding hydrogens is 393 g/mol. The van der Waals surface area contributed by atoms with Gasteiger partial charge in [-0.3, -0.25) is 4.79 Å². The van der Waals surface area contributed by atoms with Crippen molar-refractivity contribution in [1.82, 2.24) is 5.32 Å². The lowest BCUT2D eigenvalue weighted by Gasteiger charge is -2.27. The van der Waals surface area contributed by atoms with Gasteiger partial charge in [0, 0.05) is 15.1 Å². The van der Waals surface area contributed by atoms with Gasteiger partial charge in [0.2, 0.25) is 0 Å². The second-order valence-electron chi connectivity index (χ2n) is 5.59. The van der Waals surface area contributed by atoms with Crippen LogP contribution in [0.5, 0.6) is 5.75 Å². The fraction of sp³-hybridized carbons (Fsp3) is 0.278. The first-order valence-electron chi connectivity index (χ1n) is 7.68. The van der Waals surface area contributed by atoms with Crippen LogP contribution in [-0.4, -0.2) is 17.8 Å². The van der Waals surface area contributed by atoms with Gasteiger partial charge in [0.05, 0.1) is 6.04 Å². The molecule has 1 aliphatic heterocycles. The average molecular weight is 410 g/mol. The highest BCUT2D eigenvalue weighted by molar-refractivity contribution is 9.10. The number of carbonyl (C=O) groups is 1. The summed E-state index contributed by atoms with van der Waals surface area (Å²) in [5.74, 6) is 1.04. The van der Waals surface area contributed by atoms with Crippen molar-refractivity contribution in [3.05, 3.63) is 58.3 Å². The van der Waals surface area contributed by atoms with Crippen molar-refractivity contribution in [2.24, 2.45) is 0 Å². The molecule has 2 aromatic rings. The van der Waals surface area contributed by atoms with E-state index < -0.39 is 6.10 Å². The summed E-state index contributed by atoms with van der Waals surface area (Å²) in [5, 5.41) is 2.98. The van der Waals surface area contributed by atoms with Crippen molar-refractivity contribution in [3.8, 4) is 5.75 Å². The first-order valence-corrected chi connectivity index (χ1v) is 9.45. The van der Waals surface area contributed by atoms with Crippen LogP contribution >= 0.6 is 27.7 Å². The van der Waals surface area contributed by atoms with E-state index in [0.717, 1.165) is 27.1 Å². The summed E-state index contributed by atoms with van der Waals surface area (Å²) in [4.78, 5) is 13.5. The number of carbonyl (C=O) groups excluding carboxylic acids is 1. The number of halogens is 2. The van der Waals surface area contributed by atoms with E-state index in [1.54, 1.807) is 36.9 Å². The Bertz CT molecular complexity index is 738. The van der Waals surface area contributed by atoms with Gasteiger partial charge in [0.15, 0.2) is 6.10 Å². The smallest absolute Gasteiger partial charge is 0.261 e. The molecule has 0 spiro atoms. The minimum Gasteiger partial charge on any atom is -0.481 e. The molecule has 0 aliphatic carbocycles. The Morgan fingerprint density at radius 2 is 2.08 bits per heavy atom. The fourth-order valence-electron chi connectivity index (χ4n) is 2.58. The van der Waals surface area contributed by atoms with Crippen molar-refractivity contribution >= 4 is 33.6 Å². The molecule has 2 atom stereocenters. The monoisotopic (exact) mass is 409 g/mol. The number of nitrogens with one attached hydrogen (secondary N) is 1. The lowest BCUT2D eigenvalue weighted by atomic mass is 10.0. The Morgan fingerprint density at radius 1 is 1.33 bits per heavy atom. The molecule has 1 amide bonds. The molecule has 0 radical (unpaired) electrons. The molecule has 0 bridgehead atoms. The van der Waals surface area contributed by atoms with Gasteiger partial charge in [-0.25, -0.2) is 4.39 Å². The van der Waals surface area contributed by atoms with E-state index in [9.17, 15) is 9.18 Å². The molecule has 0 saturated heterocycles. The molecule has 0 aromatic heterocycles. The first kappa shape index (κ1) is 17.3. The van der Waals surface area contributed by atoms with Gasteiger partial charge in [-0.1, -0.05) is 15.9 Å². The number of thioether (sulfide) groups is 1. The van der Waals surface area contributed by atoms with Gasteiger partial charge in [-0.2, -0.15) is 0 Å². The summed E-state index contributed by atoms with van der Waals surface area (Å²) >= 11 is 5.05. The van der Waals surface area contributed by atoms with Gasteiger partial charge in [-0.05, 0) is 61.4 Å². The lowest BCUT2D eigenvalue weighted by molar-refractivity contribution is -0.128. The van der Waals surface area contributed by atoms with E-state index in [-0.39, 0.29) is 17.8 Å². The second kappa shape index (κ2) is 7.57. The maximum Gasteiger partial charge on any atom is 0.261 e. The van der Waals surface area contributed by atoms with Crippen LogP contribution in [-0.2, 0) is 4.79 Å². The quantitative estimate of drug-likeness (QED) is 0.794. The zero-order valence-corrected chi connectivity index (χ0v) is 15.5. The SMILES string of the molecule is CC(Oc1ccc(Br)cc1)C(=O)NC1CCSc2ccc(F)cc21. The van der Waals surface area contributed by atoms with Crippen LogP contribution in [0.4, 0.5) is 4.39 Å². The zero-order valence-electron chi connectivity index (χ0n) is 13.1. The minimum absolute atomic E-state index is 0.180. The molecule has 1 aliphatic rings. The average Bonchev–Trinajstić information content (AvgIpc) is 2.57. The van der Waals surface area contributed by atoms with Crippen molar-refractivity contribution in [1.29, 1.82) is 0 Å². The Labute approximate surface area is 153 Å². The molecular formula is C18H17BrFNO2S. The maximum atomic E-state index is 13.5. The highest BCUT2D eigenvalue weighted by atomic mass is 79.9. The highest BCUT2D eigenvalue weighted by Crippen LogP contribution is 2.36. The Balaban J connectivity index is 1.67. The van der Waals surface area contributed by atoms with E-state index in [2.05, 4.69) is 21.2 Å². The van der Waals surface area contributed by atoms with E-state index in [4.69, 9.17) is 4.74 Å². The zero-order chi connectivity index (χ0) is 17.1. The summed E-state index contributed by atoms with van der Waals surface area (Å²) in [6.07, 6.45) is 0.149. The van der Waals surface area contributed by atoms with Crippen LogP contribution in [0.25, 0.3) is 0 Å². The summed E-state index contributed by atoms with van der Waals surface area (Å²) in [7, 11) is 0. The lowest BCUT2D eigenvalue weighted by Crippen LogP contribution is -2.39. The number of rotatable bonds is 4. The van der Waals surface area contributed by atoms with Crippen molar-refractivity contribution in [2.45, 2.75) is 30.4 Å². The van der Waals surface area contributed by atoms with Gasteiger partial charge in [0.25, 0.3) is 5.91 Å². The third kappa shape index (κ3) is 4.11. The molecule has 3 nitrogen and oxygen atoms in total. The van der Waals surface area contributed by atoms with E-state index in [0.29, 0.717) is 5.75 Å². The summed E-state index contributed by atoms with van der Waals surface area (Å²) in [6.45, 7) is 1.71. The van der Waals surface area contributed by atoms with E-state index in [1.165, 1.54) is 12.1 Å². The molecule has 1 heterocycles. The van der Waals surface area contributed by atoms with Crippen LogP contribution in [0.3, 0.4) is 0 Å². The molecule has 24 heavy (non-hydrogen) atoms. The van der Waals surface area contributed by atoms with Crippen molar-refractivity contribution in [2.75, 3.05) is 5.75 Å².